The predicted octanol–water partition coefficient (Wildman–Crippen LogP) is 1.97. The number of hydrogen-bond acceptors (Lipinski definition) is 7. The molecule has 0 aliphatic carbocycles. The normalized spacial score (nSPS) is 12.7. The lowest BCUT2D eigenvalue weighted by Crippen LogP contribution is -2.26. The Labute approximate surface area is 114 Å². The van der Waals surface area contributed by atoms with Crippen LogP contribution in [-0.2, 0) is 0 Å². The Hall–Kier alpha value is -1.18. The van der Waals surface area contributed by atoms with Gasteiger partial charge in [0.1, 0.15) is 15.8 Å². The maximum absolute atomic E-state index is 9.45. The largest absolute Gasteiger partial charge is 0.392 e. The average Bonchev–Trinajstić information content (AvgIpc) is 2.83. The number of aromatic nitrogens is 2. The van der Waals surface area contributed by atoms with Gasteiger partial charge in [0.15, 0.2) is 0 Å². The third-order valence-electron chi connectivity index (χ3n) is 2.42. The fraction of sp³-hybridized carbons (Fsp3) is 0.455. The van der Waals surface area contributed by atoms with Gasteiger partial charge in [0, 0.05) is 24.7 Å². The molecule has 0 fully saturated rings. The predicted molar refractivity (Wildman–Crippen MR) is 77.3 cm³/mol. The molecule has 2 heterocycles. The van der Waals surface area contributed by atoms with Crippen LogP contribution < -0.4 is 10.6 Å². The number of rotatable bonds is 4. The number of hydrogen-bond donors (Lipinski definition) is 2. The summed E-state index contributed by atoms with van der Waals surface area (Å²) in [6.07, 6.45) is -0.399. The molecule has 0 spiro atoms. The van der Waals surface area contributed by atoms with Crippen molar-refractivity contribution in [3.8, 4) is 10.6 Å². The number of anilines is 2. The van der Waals surface area contributed by atoms with Gasteiger partial charge in [0.2, 0.25) is 0 Å². The highest BCUT2D eigenvalue weighted by Crippen LogP contribution is 2.40. The average molecular weight is 284 g/mol. The summed E-state index contributed by atoms with van der Waals surface area (Å²) in [4.78, 5) is 6.42. The van der Waals surface area contributed by atoms with Gasteiger partial charge in [0.05, 0.1) is 11.7 Å². The summed E-state index contributed by atoms with van der Waals surface area (Å²) in [5.74, 6) is 0.502. The maximum atomic E-state index is 9.45. The number of nitrogen functional groups attached to an aromatic ring is 1. The number of aliphatic hydroxyl groups excluding tert-OH is 1. The minimum absolute atomic E-state index is 0.399. The van der Waals surface area contributed by atoms with Crippen LogP contribution in [0.4, 0.5) is 10.8 Å². The van der Waals surface area contributed by atoms with E-state index in [1.54, 1.807) is 18.3 Å². The van der Waals surface area contributed by atoms with Gasteiger partial charge in [0.25, 0.3) is 0 Å². The number of nitrogens with zero attached hydrogens (tertiary/aromatic N) is 3. The molecule has 0 amide bonds. The highest BCUT2D eigenvalue weighted by atomic mass is 32.1. The summed E-state index contributed by atoms with van der Waals surface area (Å²) in [6, 6.07) is 0. The van der Waals surface area contributed by atoms with Crippen LogP contribution in [0.25, 0.3) is 10.6 Å². The molecular formula is C11H16N4OS2. The van der Waals surface area contributed by atoms with E-state index in [0.29, 0.717) is 12.4 Å². The fourth-order valence-corrected chi connectivity index (χ4v) is 3.40. The van der Waals surface area contributed by atoms with Crippen molar-refractivity contribution >= 4 is 33.7 Å². The molecule has 0 radical (unpaired) electrons. The van der Waals surface area contributed by atoms with Crippen LogP contribution in [0.3, 0.4) is 0 Å². The maximum Gasteiger partial charge on any atom is 0.149 e. The Kier molecular flexibility index (Phi) is 3.84. The summed E-state index contributed by atoms with van der Waals surface area (Å²) in [5, 5.41) is 13.3. The summed E-state index contributed by atoms with van der Waals surface area (Å²) < 4.78 is 4.19. The minimum Gasteiger partial charge on any atom is -0.392 e. The second-order valence-electron chi connectivity index (χ2n) is 4.27. The topological polar surface area (TPSA) is 75.3 Å². The van der Waals surface area contributed by atoms with Gasteiger partial charge in [-0.15, -0.1) is 11.3 Å². The zero-order valence-electron chi connectivity index (χ0n) is 10.5. The van der Waals surface area contributed by atoms with Gasteiger partial charge in [-0.3, -0.25) is 0 Å². The van der Waals surface area contributed by atoms with Crippen molar-refractivity contribution < 1.29 is 5.11 Å². The highest BCUT2D eigenvalue weighted by molar-refractivity contribution is 7.15. The van der Waals surface area contributed by atoms with Gasteiger partial charge in [-0.25, -0.2) is 4.98 Å². The van der Waals surface area contributed by atoms with Gasteiger partial charge in [-0.05, 0) is 25.4 Å². The van der Waals surface area contributed by atoms with Gasteiger partial charge < -0.3 is 15.7 Å². The molecule has 0 aliphatic rings. The summed E-state index contributed by atoms with van der Waals surface area (Å²) in [6.45, 7) is 4.25. The molecule has 18 heavy (non-hydrogen) atoms. The first kappa shape index (κ1) is 13.3. The van der Waals surface area contributed by atoms with Crippen LogP contribution >= 0.6 is 22.9 Å². The highest BCUT2D eigenvalue weighted by Gasteiger charge is 2.20. The zero-order valence-corrected chi connectivity index (χ0v) is 12.2. The lowest BCUT2D eigenvalue weighted by atomic mass is 10.3. The fourth-order valence-electron chi connectivity index (χ4n) is 1.70. The third kappa shape index (κ3) is 2.63. The van der Waals surface area contributed by atoms with E-state index in [0.717, 1.165) is 21.3 Å². The Morgan fingerprint density at radius 3 is 2.83 bits per heavy atom. The van der Waals surface area contributed by atoms with Crippen LogP contribution in [0, 0.1) is 6.92 Å². The molecule has 0 aliphatic heterocycles. The molecule has 1 atom stereocenters. The molecule has 2 aromatic rings. The Morgan fingerprint density at radius 1 is 1.56 bits per heavy atom. The molecule has 7 heteroatoms. The number of aliphatic hydroxyl groups is 1. The van der Waals surface area contributed by atoms with Crippen molar-refractivity contribution in [1.82, 2.24) is 9.36 Å². The van der Waals surface area contributed by atoms with Crippen molar-refractivity contribution in [2.24, 2.45) is 0 Å². The molecule has 0 saturated heterocycles. The quantitative estimate of drug-likeness (QED) is 0.898. The smallest absolute Gasteiger partial charge is 0.149 e. The van der Waals surface area contributed by atoms with E-state index in [1.807, 2.05) is 24.3 Å². The van der Waals surface area contributed by atoms with E-state index in [2.05, 4.69) is 9.36 Å². The first-order valence-corrected chi connectivity index (χ1v) is 7.21. The molecule has 98 valence electrons. The molecule has 3 N–H and O–H groups in total. The molecule has 2 aromatic heterocycles. The lowest BCUT2D eigenvalue weighted by Gasteiger charge is -2.19. The second-order valence-corrected chi connectivity index (χ2v) is 5.88. The third-order valence-corrected chi connectivity index (χ3v) is 4.37. The Morgan fingerprint density at radius 2 is 2.28 bits per heavy atom. The van der Waals surface area contributed by atoms with Crippen molar-refractivity contribution in [3.05, 3.63) is 11.1 Å². The van der Waals surface area contributed by atoms with Crippen molar-refractivity contribution in [2.45, 2.75) is 20.0 Å². The summed E-state index contributed by atoms with van der Waals surface area (Å²) in [5.41, 5.74) is 7.78. The Balaban J connectivity index is 2.38. The SMILES string of the molecule is Cc1csc(-c2c(N)nsc2N(C)CC(C)O)n1. The van der Waals surface area contributed by atoms with Crippen LogP contribution in [0.2, 0.25) is 0 Å². The number of likely N-dealkylation sites (N-methyl/N-ethyl adjacent to an activating group) is 1. The summed E-state index contributed by atoms with van der Waals surface area (Å²) in [7, 11) is 1.92. The molecule has 2 rings (SSSR count). The second kappa shape index (κ2) is 5.21. The number of thiazole rings is 1. The summed E-state index contributed by atoms with van der Waals surface area (Å²) >= 11 is 2.90. The lowest BCUT2D eigenvalue weighted by molar-refractivity contribution is 0.202. The van der Waals surface area contributed by atoms with Crippen molar-refractivity contribution in [1.29, 1.82) is 0 Å². The zero-order chi connectivity index (χ0) is 13.3. The van der Waals surface area contributed by atoms with Gasteiger partial charge in [-0.2, -0.15) is 4.37 Å². The minimum atomic E-state index is -0.399. The van der Waals surface area contributed by atoms with Crippen LogP contribution in [0.5, 0.6) is 0 Å². The van der Waals surface area contributed by atoms with Gasteiger partial charge in [-0.1, -0.05) is 0 Å². The van der Waals surface area contributed by atoms with Crippen LogP contribution in [0.15, 0.2) is 5.38 Å². The molecule has 5 nitrogen and oxygen atoms in total. The molecule has 0 aromatic carbocycles. The monoisotopic (exact) mass is 284 g/mol. The van der Waals surface area contributed by atoms with Crippen molar-refractivity contribution in [3.63, 3.8) is 0 Å². The molecule has 0 bridgehead atoms. The number of aryl methyl sites for hydroxylation is 1. The van der Waals surface area contributed by atoms with E-state index < -0.39 is 6.10 Å². The first-order valence-electron chi connectivity index (χ1n) is 5.56. The van der Waals surface area contributed by atoms with Crippen molar-refractivity contribution in [2.75, 3.05) is 24.2 Å². The van der Waals surface area contributed by atoms with E-state index in [9.17, 15) is 5.11 Å². The van der Waals surface area contributed by atoms with E-state index in [-0.39, 0.29) is 0 Å². The molecular weight excluding hydrogens is 268 g/mol. The Bertz CT molecular complexity index is 535. The molecule has 1 unspecified atom stereocenters. The molecule has 0 saturated carbocycles. The van der Waals surface area contributed by atoms with Crippen LogP contribution in [0.1, 0.15) is 12.6 Å². The van der Waals surface area contributed by atoms with E-state index in [1.165, 1.54) is 11.5 Å². The van der Waals surface area contributed by atoms with Gasteiger partial charge >= 0.3 is 0 Å². The first-order chi connectivity index (χ1) is 8.49. The van der Waals surface area contributed by atoms with Crippen LogP contribution in [-0.4, -0.2) is 34.2 Å². The standard InChI is InChI=1S/C11H16N4OS2/c1-6-5-17-10(13-6)8-9(12)14-18-11(8)15(3)4-7(2)16/h5,7,16H,4H2,1-3H3,(H2,12,14). The van der Waals surface area contributed by atoms with E-state index >= 15 is 0 Å². The number of nitrogens with two attached hydrogens (primary N) is 1. The van der Waals surface area contributed by atoms with E-state index in [4.69, 9.17) is 5.73 Å².